The largest absolute Gasteiger partial charge is 0.335 e. The van der Waals surface area contributed by atoms with Crippen LogP contribution in [0.3, 0.4) is 0 Å². The van der Waals surface area contributed by atoms with Gasteiger partial charge in [-0.3, -0.25) is 4.79 Å². The highest BCUT2D eigenvalue weighted by molar-refractivity contribution is 5.82. The topological polar surface area (TPSA) is 46.3 Å². The zero-order valence-corrected chi connectivity index (χ0v) is 12.1. The van der Waals surface area contributed by atoms with Gasteiger partial charge in [-0.25, -0.2) is 4.39 Å². The van der Waals surface area contributed by atoms with E-state index in [0.29, 0.717) is 6.54 Å². The third-order valence-electron chi connectivity index (χ3n) is 3.18. The molecule has 0 radical (unpaired) electrons. The lowest BCUT2D eigenvalue weighted by Gasteiger charge is -2.30. The molecule has 0 unspecified atom stereocenters. The Morgan fingerprint density at radius 1 is 1.21 bits per heavy atom. The molecule has 0 heterocycles. The van der Waals surface area contributed by atoms with Gasteiger partial charge in [0.25, 0.3) is 0 Å². The first-order chi connectivity index (χ1) is 8.82. The van der Waals surface area contributed by atoms with Gasteiger partial charge in [0, 0.05) is 12.6 Å². The van der Waals surface area contributed by atoms with Crippen LogP contribution in [0, 0.1) is 11.7 Å². The summed E-state index contributed by atoms with van der Waals surface area (Å²) in [4.78, 5) is 14.1. The van der Waals surface area contributed by atoms with Crippen molar-refractivity contribution in [1.82, 2.24) is 4.90 Å². The van der Waals surface area contributed by atoms with Gasteiger partial charge in [-0.1, -0.05) is 26.0 Å². The highest BCUT2D eigenvalue weighted by atomic mass is 19.1. The minimum Gasteiger partial charge on any atom is -0.335 e. The molecular weight excluding hydrogens is 243 g/mol. The first-order valence-electron chi connectivity index (χ1n) is 6.63. The summed E-state index contributed by atoms with van der Waals surface area (Å²) in [7, 11) is 0. The molecule has 1 rings (SSSR count). The molecule has 0 spiro atoms. The molecule has 0 aliphatic rings. The molecule has 4 heteroatoms. The van der Waals surface area contributed by atoms with Crippen molar-refractivity contribution in [3.8, 4) is 0 Å². The average molecular weight is 266 g/mol. The highest BCUT2D eigenvalue weighted by Crippen LogP contribution is 2.13. The Kier molecular flexibility index (Phi) is 5.48. The van der Waals surface area contributed by atoms with Gasteiger partial charge in [0.05, 0.1) is 6.04 Å². The Labute approximate surface area is 114 Å². The van der Waals surface area contributed by atoms with Gasteiger partial charge in [0.1, 0.15) is 5.82 Å². The molecule has 0 aromatic heterocycles. The Morgan fingerprint density at radius 2 is 1.74 bits per heavy atom. The van der Waals surface area contributed by atoms with Crippen molar-refractivity contribution >= 4 is 5.91 Å². The van der Waals surface area contributed by atoms with Crippen molar-refractivity contribution in [2.24, 2.45) is 11.7 Å². The van der Waals surface area contributed by atoms with Gasteiger partial charge in [-0.15, -0.1) is 0 Å². The molecule has 0 fully saturated rings. The SMILES string of the molecule is CC(C)[C@H](N)C(=O)N(Cc1ccc(F)cc1)C(C)C. The molecule has 106 valence electrons. The van der Waals surface area contributed by atoms with Crippen molar-refractivity contribution in [3.63, 3.8) is 0 Å². The number of amides is 1. The Bertz CT molecular complexity index is 415. The predicted octanol–water partition coefficient (Wildman–Crippen LogP) is 2.55. The highest BCUT2D eigenvalue weighted by Gasteiger charge is 2.25. The van der Waals surface area contributed by atoms with E-state index in [2.05, 4.69) is 0 Å². The Morgan fingerprint density at radius 3 is 2.16 bits per heavy atom. The van der Waals surface area contributed by atoms with Gasteiger partial charge in [0.15, 0.2) is 0 Å². The average Bonchev–Trinajstić information content (AvgIpc) is 2.35. The smallest absolute Gasteiger partial charge is 0.240 e. The zero-order chi connectivity index (χ0) is 14.6. The predicted molar refractivity (Wildman–Crippen MR) is 74.9 cm³/mol. The Balaban J connectivity index is 2.84. The van der Waals surface area contributed by atoms with Crippen molar-refractivity contribution in [3.05, 3.63) is 35.6 Å². The van der Waals surface area contributed by atoms with E-state index in [0.717, 1.165) is 5.56 Å². The lowest BCUT2D eigenvalue weighted by Crippen LogP contribution is -2.48. The fourth-order valence-corrected chi connectivity index (χ4v) is 1.78. The van der Waals surface area contributed by atoms with Crippen LogP contribution in [0.5, 0.6) is 0 Å². The van der Waals surface area contributed by atoms with Crippen LogP contribution in [-0.2, 0) is 11.3 Å². The van der Waals surface area contributed by atoms with E-state index in [9.17, 15) is 9.18 Å². The quantitative estimate of drug-likeness (QED) is 0.890. The lowest BCUT2D eigenvalue weighted by molar-refractivity contribution is -0.136. The van der Waals surface area contributed by atoms with Crippen LogP contribution in [-0.4, -0.2) is 22.9 Å². The van der Waals surface area contributed by atoms with Crippen LogP contribution in [0.4, 0.5) is 4.39 Å². The first kappa shape index (κ1) is 15.6. The van der Waals surface area contributed by atoms with Crippen LogP contribution in [0.15, 0.2) is 24.3 Å². The van der Waals surface area contributed by atoms with E-state index in [1.54, 1.807) is 17.0 Å². The summed E-state index contributed by atoms with van der Waals surface area (Å²) >= 11 is 0. The number of rotatable bonds is 5. The van der Waals surface area contributed by atoms with Crippen LogP contribution in [0.2, 0.25) is 0 Å². The minimum absolute atomic E-state index is 0.0577. The number of nitrogens with zero attached hydrogens (tertiary/aromatic N) is 1. The fraction of sp³-hybridized carbons (Fsp3) is 0.533. The molecule has 0 bridgehead atoms. The standard InChI is InChI=1S/C15H23FN2O/c1-10(2)14(17)15(19)18(11(3)4)9-12-5-7-13(16)8-6-12/h5-8,10-11,14H,9,17H2,1-4H3/t14-/m0/s1. The van der Waals surface area contributed by atoms with Gasteiger partial charge < -0.3 is 10.6 Å². The molecule has 0 saturated heterocycles. The van der Waals surface area contributed by atoms with Crippen molar-refractivity contribution in [2.75, 3.05) is 0 Å². The summed E-state index contributed by atoms with van der Waals surface area (Å²) < 4.78 is 12.9. The molecule has 3 nitrogen and oxygen atoms in total. The second kappa shape index (κ2) is 6.66. The number of halogens is 1. The second-order valence-electron chi connectivity index (χ2n) is 5.46. The molecule has 1 aromatic carbocycles. The number of carbonyl (C=O) groups excluding carboxylic acids is 1. The van der Waals surface area contributed by atoms with Gasteiger partial charge in [-0.2, -0.15) is 0 Å². The normalized spacial score (nSPS) is 12.8. The van der Waals surface area contributed by atoms with Crippen LogP contribution in [0.1, 0.15) is 33.3 Å². The maximum absolute atomic E-state index is 12.9. The zero-order valence-electron chi connectivity index (χ0n) is 12.1. The molecule has 0 aliphatic heterocycles. The minimum atomic E-state index is -0.497. The van der Waals surface area contributed by atoms with Gasteiger partial charge in [0.2, 0.25) is 5.91 Å². The Hall–Kier alpha value is -1.42. The van der Waals surface area contributed by atoms with Crippen LogP contribution < -0.4 is 5.73 Å². The summed E-state index contributed by atoms with van der Waals surface area (Å²) in [5, 5.41) is 0. The lowest BCUT2D eigenvalue weighted by atomic mass is 10.0. The summed E-state index contributed by atoms with van der Waals surface area (Å²) in [6.07, 6.45) is 0. The molecule has 1 aromatic rings. The molecular formula is C15H23FN2O. The second-order valence-corrected chi connectivity index (χ2v) is 5.46. The van der Waals surface area contributed by atoms with Crippen molar-refractivity contribution in [1.29, 1.82) is 0 Å². The third kappa shape index (κ3) is 4.31. The summed E-state index contributed by atoms with van der Waals surface area (Å²) in [6.45, 7) is 8.22. The van der Waals surface area contributed by atoms with Crippen LogP contribution >= 0.6 is 0 Å². The molecule has 0 saturated carbocycles. The molecule has 19 heavy (non-hydrogen) atoms. The van der Waals surface area contributed by atoms with E-state index < -0.39 is 6.04 Å². The number of carbonyl (C=O) groups is 1. The van der Waals surface area contributed by atoms with Gasteiger partial charge >= 0.3 is 0 Å². The van der Waals surface area contributed by atoms with Crippen molar-refractivity contribution in [2.45, 2.75) is 46.3 Å². The van der Waals surface area contributed by atoms with Crippen molar-refractivity contribution < 1.29 is 9.18 Å². The number of nitrogens with two attached hydrogens (primary N) is 1. The number of hydrogen-bond acceptors (Lipinski definition) is 2. The number of hydrogen-bond donors (Lipinski definition) is 1. The summed E-state index contributed by atoms with van der Waals surface area (Å²) in [5.41, 5.74) is 6.83. The monoisotopic (exact) mass is 266 g/mol. The summed E-state index contributed by atoms with van der Waals surface area (Å²) in [5.74, 6) is -0.235. The van der Waals surface area contributed by atoms with E-state index in [4.69, 9.17) is 5.73 Å². The maximum atomic E-state index is 12.9. The van der Waals surface area contributed by atoms with E-state index in [1.165, 1.54) is 12.1 Å². The van der Waals surface area contributed by atoms with E-state index in [1.807, 2.05) is 27.7 Å². The maximum Gasteiger partial charge on any atom is 0.240 e. The van der Waals surface area contributed by atoms with Crippen LogP contribution in [0.25, 0.3) is 0 Å². The third-order valence-corrected chi connectivity index (χ3v) is 3.18. The number of benzene rings is 1. The van der Waals surface area contributed by atoms with Gasteiger partial charge in [-0.05, 0) is 37.5 Å². The molecule has 1 atom stereocenters. The van der Waals surface area contributed by atoms with E-state index >= 15 is 0 Å². The molecule has 1 amide bonds. The molecule has 2 N–H and O–H groups in total. The fourth-order valence-electron chi connectivity index (χ4n) is 1.78. The van der Waals surface area contributed by atoms with E-state index in [-0.39, 0.29) is 23.7 Å². The summed E-state index contributed by atoms with van der Waals surface area (Å²) in [6, 6.07) is 5.75. The first-order valence-corrected chi connectivity index (χ1v) is 6.63. The molecule has 0 aliphatic carbocycles.